The van der Waals surface area contributed by atoms with E-state index in [1.165, 1.54) is 7.11 Å². The molecule has 0 saturated carbocycles. The molecule has 1 aromatic heterocycles. The van der Waals surface area contributed by atoms with Crippen molar-refractivity contribution in [2.24, 2.45) is 0 Å². The normalized spacial score (nSPS) is 19.0. The van der Waals surface area contributed by atoms with Gasteiger partial charge in [0.1, 0.15) is 0 Å². The number of halogens is 1. The highest BCUT2D eigenvalue weighted by molar-refractivity contribution is 7.18. The summed E-state index contributed by atoms with van der Waals surface area (Å²) in [6, 6.07) is -0.0376. The van der Waals surface area contributed by atoms with Crippen molar-refractivity contribution < 1.29 is 14.3 Å². The van der Waals surface area contributed by atoms with Gasteiger partial charge in [-0.25, -0.2) is 9.78 Å². The van der Waals surface area contributed by atoms with Gasteiger partial charge in [-0.15, -0.1) is 0 Å². The number of thiazole rings is 1. The molecule has 0 radical (unpaired) electrons. The number of carbonyl (C=O) groups is 2. The van der Waals surface area contributed by atoms with Crippen LogP contribution in [0.2, 0.25) is 5.15 Å². The average Bonchev–Trinajstić information content (AvgIpc) is 2.91. The standard InChI is InChI=1S/C13H18ClN3O3S/c1-13(2,3)17-6-7(5-8(17)18)15-12-16-10(14)9(21-12)11(19)20-4/h7H,5-6H2,1-4H3,(H,15,16). The van der Waals surface area contributed by atoms with Crippen molar-refractivity contribution in [1.82, 2.24) is 9.88 Å². The Morgan fingerprint density at radius 1 is 1.52 bits per heavy atom. The third-order valence-electron chi connectivity index (χ3n) is 3.22. The number of amides is 1. The number of likely N-dealkylation sites (tertiary alicyclic amines) is 1. The second-order valence-corrected chi connectivity index (χ2v) is 7.21. The number of nitrogens with zero attached hydrogens (tertiary/aromatic N) is 2. The number of aromatic nitrogens is 1. The second kappa shape index (κ2) is 5.81. The largest absolute Gasteiger partial charge is 0.465 e. The van der Waals surface area contributed by atoms with Crippen molar-refractivity contribution >= 4 is 39.9 Å². The number of hydrogen-bond donors (Lipinski definition) is 1. The molecule has 1 aliphatic rings. The van der Waals surface area contributed by atoms with Gasteiger partial charge in [-0.05, 0) is 20.8 Å². The van der Waals surface area contributed by atoms with E-state index in [9.17, 15) is 9.59 Å². The van der Waals surface area contributed by atoms with Crippen LogP contribution in [-0.2, 0) is 9.53 Å². The number of anilines is 1. The Hall–Kier alpha value is -1.34. The van der Waals surface area contributed by atoms with Crippen molar-refractivity contribution in [3.8, 4) is 0 Å². The van der Waals surface area contributed by atoms with Crippen LogP contribution in [0.15, 0.2) is 0 Å². The topological polar surface area (TPSA) is 71.5 Å². The van der Waals surface area contributed by atoms with Crippen molar-refractivity contribution in [2.75, 3.05) is 19.0 Å². The lowest BCUT2D eigenvalue weighted by molar-refractivity contribution is -0.131. The molecule has 8 heteroatoms. The zero-order valence-electron chi connectivity index (χ0n) is 12.4. The van der Waals surface area contributed by atoms with E-state index in [0.29, 0.717) is 18.1 Å². The summed E-state index contributed by atoms with van der Waals surface area (Å²) < 4.78 is 4.64. The van der Waals surface area contributed by atoms with E-state index >= 15 is 0 Å². The minimum Gasteiger partial charge on any atom is -0.465 e. The summed E-state index contributed by atoms with van der Waals surface area (Å²) in [5.74, 6) is -0.403. The Balaban J connectivity index is 2.07. The quantitative estimate of drug-likeness (QED) is 0.861. The van der Waals surface area contributed by atoms with E-state index in [4.69, 9.17) is 11.6 Å². The molecule has 1 amide bonds. The maximum atomic E-state index is 12.0. The summed E-state index contributed by atoms with van der Waals surface area (Å²) in [6.45, 7) is 6.61. The van der Waals surface area contributed by atoms with E-state index in [1.54, 1.807) is 0 Å². The Morgan fingerprint density at radius 2 is 2.19 bits per heavy atom. The molecule has 2 heterocycles. The maximum absolute atomic E-state index is 12.0. The molecule has 0 aliphatic carbocycles. The number of ether oxygens (including phenoxy) is 1. The first-order chi connectivity index (χ1) is 9.72. The fraction of sp³-hybridized carbons (Fsp3) is 0.615. The molecule has 1 unspecified atom stereocenters. The number of methoxy groups -OCH3 is 1. The van der Waals surface area contributed by atoms with E-state index in [0.717, 1.165) is 11.3 Å². The number of rotatable bonds is 3. The summed E-state index contributed by atoms with van der Waals surface area (Å²) in [5, 5.41) is 3.81. The van der Waals surface area contributed by atoms with Gasteiger partial charge in [-0.2, -0.15) is 0 Å². The summed E-state index contributed by atoms with van der Waals surface area (Å²) in [4.78, 5) is 29.7. The highest BCUT2D eigenvalue weighted by Crippen LogP contribution is 2.30. The number of carbonyl (C=O) groups excluding carboxylic acids is 2. The van der Waals surface area contributed by atoms with Crippen LogP contribution in [0.1, 0.15) is 36.9 Å². The second-order valence-electron chi connectivity index (χ2n) is 5.85. The molecule has 1 N–H and O–H groups in total. The number of esters is 1. The van der Waals surface area contributed by atoms with E-state index in [1.807, 2.05) is 25.7 Å². The minimum absolute atomic E-state index is 0.0376. The monoisotopic (exact) mass is 331 g/mol. The summed E-state index contributed by atoms with van der Waals surface area (Å²) >= 11 is 7.05. The average molecular weight is 332 g/mol. The molecule has 21 heavy (non-hydrogen) atoms. The van der Waals surface area contributed by atoms with Crippen molar-refractivity contribution in [2.45, 2.75) is 38.8 Å². The molecule has 1 saturated heterocycles. The lowest BCUT2D eigenvalue weighted by Crippen LogP contribution is -2.43. The smallest absolute Gasteiger partial charge is 0.351 e. The molecule has 2 rings (SSSR count). The Morgan fingerprint density at radius 3 is 2.71 bits per heavy atom. The minimum atomic E-state index is -0.510. The lowest BCUT2D eigenvalue weighted by atomic mass is 10.1. The molecule has 1 aliphatic heterocycles. The summed E-state index contributed by atoms with van der Waals surface area (Å²) in [6.07, 6.45) is 0.405. The van der Waals surface area contributed by atoms with Crippen LogP contribution in [0.25, 0.3) is 0 Å². The molecule has 116 valence electrons. The van der Waals surface area contributed by atoms with Crippen LogP contribution < -0.4 is 5.32 Å². The van der Waals surface area contributed by atoms with Gasteiger partial charge in [0.15, 0.2) is 15.2 Å². The molecule has 0 spiro atoms. The SMILES string of the molecule is COC(=O)c1sc(NC2CC(=O)N(C(C)(C)C)C2)nc1Cl. The first kappa shape index (κ1) is 16.0. The Kier molecular flexibility index (Phi) is 4.43. The van der Waals surface area contributed by atoms with Crippen molar-refractivity contribution in [3.05, 3.63) is 10.0 Å². The van der Waals surface area contributed by atoms with Crippen LogP contribution >= 0.6 is 22.9 Å². The van der Waals surface area contributed by atoms with Gasteiger partial charge in [-0.1, -0.05) is 22.9 Å². The predicted octanol–water partition coefficient (Wildman–Crippen LogP) is 2.39. The molecular formula is C13H18ClN3O3S. The predicted molar refractivity (Wildman–Crippen MR) is 82.0 cm³/mol. The van der Waals surface area contributed by atoms with Crippen LogP contribution in [0.4, 0.5) is 5.13 Å². The highest BCUT2D eigenvalue weighted by Gasteiger charge is 2.36. The highest BCUT2D eigenvalue weighted by atomic mass is 35.5. The number of hydrogen-bond acceptors (Lipinski definition) is 6. The fourth-order valence-electron chi connectivity index (χ4n) is 2.21. The van der Waals surface area contributed by atoms with Gasteiger partial charge in [0.2, 0.25) is 5.91 Å². The zero-order valence-corrected chi connectivity index (χ0v) is 14.0. The van der Waals surface area contributed by atoms with Crippen LogP contribution in [-0.4, -0.2) is 47.0 Å². The molecule has 1 fully saturated rings. The van der Waals surface area contributed by atoms with Crippen molar-refractivity contribution in [3.63, 3.8) is 0 Å². The molecule has 1 atom stereocenters. The van der Waals surface area contributed by atoms with Crippen molar-refractivity contribution in [1.29, 1.82) is 0 Å². The summed E-state index contributed by atoms with van der Waals surface area (Å²) in [7, 11) is 1.29. The van der Waals surface area contributed by atoms with Gasteiger partial charge in [-0.3, -0.25) is 4.79 Å². The lowest BCUT2D eigenvalue weighted by Gasteiger charge is -2.32. The maximum Gasteiger partial charge on any atom is 0.351 e. The Bertz CT molecular complexity index is 567. The molecule has 6 nitrogen and oxygen atoms in total. The third kappa shape index (κ3) is 3.47. The van der Waals surface area contributed by atoms with E-state index in [2.05, 4.69) is 15.0 Å². The van der Waals surface area contributed by atoms with Gasteiger partial charge in [0.25, 0.3) is 0 Å². The fourth-order valence-corrected chi connectivity index (χ4v) is 3.39. The van der Waals surface area contributed by atoms with Crippen LogP contribution in [0.5, 0.6) is 0 Å². The van der Waals surface area contributed by atoms with Crippen LogP contribution in [0, 0.1) is 0 Å². The third-order valence-corrected chi connectivity index (χ3v) is 4.57. The molecule has 0 aromatic carbocycles. The molecule has 1 aromatic rings. The number of nitrogens with one attached hydrogen (secondary N) is 1. The molecule has 0 bridgehead atoms. The van der Waals surface area contributed by atoms with Gasteiger partial charge >= 0.3 is 5.97 Å². The zero-order chi connectivity index (χ0) is 15.8. The van der Waals surface area contributed by atoms with Gasteiger partial charge in [0, 0.05) is 18.5 Å². The first-order valence-corrected chi connectivity index (χ1v) is 7.73. The molecular weight excluding hydrogens is 314 g/mol. The summed E-state index contributed by atoms with van der Waals surface area (Å²) in [5.41, 5.74) is -0.203. The first-order valence-electron chi connectivity index (χ1n) is 6.54. The van der Waals surface area contributed by atoms with Crippen LogP contribution in [0.3, 0.4) is 0 Å². The van der Waals surface area contributed by atoms with Gasteiger partial charge in [0.05, 0.1) is 13.2 Å². The van der Waals surface area contributed by atoms with Gasteiger partial charge < -0.3 is 15.0 Å². The van der Waals surface area contributed by atoms with E-state index < -0.39 is 5.97 Å². The van der Waals surface area contributed by atoms with E-state index in [-0.39, 0.29) is 27.5 Å². The Labute approximate surface area is 132 Å².